The first-order chi connectivity index (χ1) is 7.58. The van der Waals surface area contributed by atoms with E-state index in [-0.39, 0.29) is 18.1 Å². The Balaban J connectivity index is 2.20. The molecule has 1 aliphatic rings. The third-order valence-corrected chi connectivity index (χ3v) is 2.92. The minimum Gasteiger partial charge on any atom is -0.508 e. The first-order valence-electron chi connectivity index (χ1n) is 4.86. The molecule has 16 heavy (non-hydrogen) atoms. The van der Waals surface area contributed by atoms with Gasteiger partial charge in [-0.1, -0.05) is 0 Å². The van der Waals surface area contributed by atoms with Gasteiger partial charge in [0.25, 0.3) is 0 Å². The van der Waals surface area contributed by atoms with Gasteiger partial charge < -0.3 is 10.0 Å². The lowest BCUT2D eigenvalue weighted by molar-refractivity contribution is -0.120. The maximum atomic E-state index is 11.6. The van der Waals surface area contributed by atoms with Crippen LogP contribution in [0.2, 0.25) is 0 Å². The van der Waals surface area contributed by atoms with Crippen LogP contribution in [0.3, 0.4) is 0 Å². The fourth-order valence-electron chi connectivity index (χ4n) is 1.74. The number of hydrogen-bond donors (Lipinski definition) is 1. The summed E-state index contributed by atoms with van der Waals surface area (Å²) < 4.78 is 0. The highest BCUT2D eigenvalue weighted by molar-refractivity contribution is 6.64. The van der Waals surface area contributed by atoms with E-state index < -0.39 is 11.2 Å². The maximum Gasteiger partial charge on any atom is 0.227 e. The number of halogens is 1. The summed E-state index contributed by atoms with van der Waals surface area (Å²) in [6, 6.07) is 6.26. The fraction of sp³-hybridized carbons (Fsp3) is 0.273. The Morgan fingerprint density at radius 1 is 1.38 bits per heavy atom. The lowest BCUT2D eigenvalue weighted by Crippen LogP contribution is -2.24. The number of anilines is 1. The molecule has 1 saturated heterocycles. The van der Waals surface area contributed by atoms with Crippen molar-refractivity contribution in [1.29, 1.82) is 0 Å². The number of phenolic OH excluding ortho intramolecular Hbond substituents is 1. The molecule has 0 saturated carbocycles. The molecule has 1 unspecified atom stereocenters. The van der Waals surface area contributed by atoms with Crippen LogP contribution in [0, 0.1) is 5.92 Å². The van der Waals surface area contributed by atoms with Crippen LogP contribution in [0.15, 0.2) is 24.3 Å². The Labute approximate surface area is 97.4 Å². The van der Waals surface area contributed by atoms with E-state index in [4.69, 9.17) is 16.7 Å². The molecule has 1 atom stereocenters. The summed E-state index contributed by atoms with van der Waals surface area (Å²) in [6.45, 7) is 0.311. The van der Waals surface area contributed by atoms with Crippen LogP contribution in [0.5, 0.6) is 5.75 Å². The Hall–Kier alpha value is -1.55. The fourth-order valence-corrected chi connectivity index (χ4v) is 1.89. The molecule has 0 spiro atoms. The van der Waals surface area contributed by atoms with E-state index in [1.54, 1.807) is 12.1 Å². The predicted molar refractivity (Wildman–Crippen MR) is 59.4 cm³/mol. The third-order valence-electron chi connectivity index (χ3n) is 2.61. The molecule has 1 aromatic rings. The van der Waals surface area contributed by atoms with E-state index >= 15 is 0 Å². The molecule has 5 heteroatoms. The van der Waals surface area contributed by atoms with Gasteiger partial charge in [0.2, 0.25) is 11.1 Å². The highest BCUT2D eigenvalue weighted by atomic mass is 35.5. The minimum atomic E-state index is -0.477. The standard InChI is InChI=1S/C11H10ClNO3/c12-11(16)7-5-10(15)13(6-7)8-1-3-9(14)4-2-8/h1-4,7,14H,5-6H2. The number of carbonyl (C=O) groups excluding carboxylic acids is 2. The monoisotopic (exact) mass is 239 g/mol. The summed E-state index contributed by atoms with van der Waals surface area (Å²) in [5, 5.41) is 8.65. The maximum absolute atomic E-state index is 11.6. The Kier molecular flexibility index (Phi) is 2.83. The van der Waals surface area contributed by atoms with Crippen LogP contribution in [0.1, 0.15) is 6.42 Å². The van der Waals surface area contributed by atoms with E-state index in [1.807, 2.05) is 0 Å². The lowest BCUT2D eigenvalue weighted by atomic mass is 10.1. The van der Waals surface area contributed by atoms with Gasteiger partial charge in [-0.25, -0.2) is 0 Å². The molecule has 84 valence electrons. The first kappa shape index (κ1) is 11.0. The highest BCUT2D eigenvalue weighted by Crippen LogP contribution is 2.27. The summed E-state index contributed by atoms with van der Waals surface area (Å²) in [5.74, 6) is -0.409. The zero-order chi connectivity index (χ0) is 11.7. The minimum absolute atomic E-state index is 0.121. The quantitative estimate of drug-likeness (QED) is 0.796. The summed E-state index contributed by atoms with van der Waals surface area (Å²) >= 11 is 5.37. The van der Waals surface area contributed by atoms with Gasteiger partial charge in [0.15, 0.2) is 0 Å². The van der Waals surface area contributed by atoms with E-state index in [0.29, 0.717) is 12.2 Å². The van der Waals surface area contributed by atoms with E-state index in [0.717, 1.165) is 0 Å². The number of carbonyl (C=O) groups is 2. The van der Waals surface area contributed by atoms with Crippen molar-refractivity contribution >= 4 is 28.4 Å². The zero-order valence-electron chi connectivity index (χ0n) is 8.39. The van der Waals surface area contributed by atoms with Crippen molar-refractivity contribution in [2.75, 3.05) is 11.4 Å². The van der Waals surface area contributed by atoms with Crippen LogP contribution in [-0.4, -0.2) is 22.8 Å². The van der Waals surface area contributed by atoms with Gasteiger partial charge in [-0.2, -0.15) is 0 Å². The highest BCUT2D eigenvalue weighted by Gasteiger charge is 2.34. The molecule has 4 nitrogen and oxygen atoms in total. The van der Waals surface area contributed by atoms with Crippen molar-refractivity contribution in [3.63, 3.8) is 0 Å². The second-order valence-corrected chi connectivity index (χ2v) is 4.10. The second kappa shape index (κ2) is 4.14. The molecule has 0 bridgehead atoms. The van der Waals surface area contributed by atoms with Gasteiger partial charge in [0.05, 0.1) is 5.92 Å². The van der Waals surface area contributed by atoms with E-state index in [9.17, 15) is 9.59 Å². The van der Waals surface area contributed by atoms with Crippen molar-refractivity contribution < 1.29 is 14.7 Å². The van der Waals surface area contributed by atoms with Crippen molar-refractivity contribution in [3.8, 4) is 5.75 Å². The van der Waals surface area contributed by atoms with Crippen LogP contribution < -0.4 is 4.90 Å². The molecule has 0 radical (unpaired) electrons. The van der Waals surface area contributed by atoms with Crippen molar-refractivity contribution in [1.82, 2.24) is 0 Å². The van der Waals surface area contributed by atoms with Gasteiger partial charge in [-0.15, -0.1) is 0 Å². The number of aromatic hydroxyl groups is 1. The summed E-state index contributed by atoms with van der Waals surface area (Å²) in [6.07, 6.45) is 0.156. The van der Waals surface area contributed by atoms with Gasteiger partial charge in [0.1, 0.15) is 5.75 Å². The normalized spacial score (nSPS) is 20.2. The number of benzene rings is 1. The molecule has 1 aliphatic heterocycles. The molecular formula is C11H10ClNO3. The molecular weight excluding hydrogens is 230 g/mol. The van der Waals surface area contributed by atoms with E-state index in [1.165, 1.54) is 17.0 Å². The third kappa shape index (κ3) is 2.02. The second-order valence-electron chi connectivity index (χ2n) is 3.73. The summed E-state index contributed by atoms with van der Waals surface area (Å²) in [4.78, 5) is 24.1. The van der Waals surface area contributed by atoms with E-state index in [2.05, 4.69) is 0 Å². The topological polar surface area (TPSA) is 57.6 Å². The number of nitrogens with zero attached hydrogens (tertiary/aromatic N) is 1. The molecule has 0 aliphatic carbocycles. The van der Waals surface area contributed by atoms with Gasteiger partial charge in [0, 0.05) is 18.7 Å². The van der Waals surface area contributed by atoms with Crippen molar-refractivity contribution in [2.24, 2.45) is 5.92 Å². The average Bonchev–Trinajstić information content (AvgIpc) is 2.62. The van der Waals surface area contributed by atoms with Crippen LogP contribution in [0.4, 0.5) is 5.69 Å². The SMILES string of the molecule is O=C(Cl)C1CC(=O)N(c2ccc(O)cc2)C1. The number of rotatable bonds is 2. The molecule has 2 rings (SSSR count). The number of phenols is 1. The van der Waals surface area contributed by atoms with Gasteiger partial charge >= 0.3 is 0 Å². The molecule has 0 aromatic heterocycles. The van der Waals surface area contributed by atoms with Crippen LogP contribution in [0.25, 0.3) is 0 Å². The van der Waals surface area contributed by atoms with Crippen LogP contribution >= 0.6 is 11.6 Å². The van der Waals surface area contributed by atoms with Crippen LogP contribution in [-0.2, 0) is 9.59 Å². The number of amides is 1. The summed E-state index contributed by atoms with van der Waals surface area (Å²) in [5.41, 5.74) is 0.670. The smallest absolute Gasteiger partial charge is 0.227 e. The molecule has 1 heterocycles. The average molecular weight is 240 g/mol. The number of hydrogen-bond acceptors (Lipinski definition) is 3. The zero-order valence-corrected chi connectivity index (χ0v) is 9.15. The first-order valence-corrected chi connectivity index (χ1v) is 5.24. The molecule has 1 aromatic carbocycles. The van der Waals surface area contributed by atoms with Crippen molar-refractivity contribution in [3.05, 3.63) is 24.3 Å². The van der Waals surface area contributed by atoms with Gasteiger partial charge in [-0.05, 0) is 35.9 Å². The molecule has 1 amide bonds. The Morgan fingerprint density at radius 2 is 2.00 bits per heavy atom. The summed E-state index contributed by atoms with van der Waals surface area (Å²) in [7, 11) is 0. The van der Waals surface area contributed by atoms with Gasteiger partial charge in [-0.3, -0.25) is 9.59 Å². The Bertz CT molecular complexity index is 429. The lowest BCUT2D eigenvalue weighted by Gasteiger charge is -2.15. The molecule has 1 fully saturated rings. The molecule has 1 N–H and O–H groups in total. The van der Waals surface area contributed by atoms with Crippen molar-refractivity contribution in [2.45, 2.75) is 6.42 Å². The predicted octanol–water partition coefficient (Wildman–Crippen LogP) is 1.51. The Morgan fingerprint density at radius 3 is 2.50 bits per heavy atom. The largest absolute Gasteiger partial charge is 0.508 e.